The van der Waals surface area contributed by atoms with E-state index in [1.165, 1.54) is 23.5 Å². The molecule has 0 fully saturated rings. The number of nitrogens with zero attached hydrogens (tertiary/aromatic N) is 1. The zero-order valence-electron chi connectivity index (χ0n) is 12.6. The SMILES string of the molecule is CCCC(CCCl)CNCc1nc(C(C)(C)C)cs1. The maximum Gasteiger partial charge on any atom is 0.107 e. The second-order valence-corrected chi connectivity index (χ2v) is 7.46. The van der Waals surface area contributed by atoms with E-state index in [-0.39, 0.29) is 5.41 Å². The van der Waals surface area contributed by atoms with Gasteiger partial charge in [-0.3, -0.25) is 0 Å². The predicted molar refractivity (Wildman–Crippen MR) is 86.3 cm³/mol. The molecule has 110 valence electrons. The highest BCUT2D eigenvalue weighted by atomic mass is 35.5. The monoisotopic (exact) mass is 302 g/mol. The van der Waals surface area contributed by atoms with E-state index in [0.717, 1.165) is 25.4 Å². The van der Waals surface area contributed by atoms with E-state index in [1.54, 1.807) is 11.3 Å². The van der Waals surface area contributed by atoms with Crippen LogP contribution in [0.5, 0.6) is 0 Å². The van der Waals surface area contributed by atoms with Gasteiger partial charge in [-0.15, -0.1) is 22.9 Å². The molecule has 1 N–H and O–H groups in total. The molecule has 0 aliphatic carbocycles. The zero-order valence-corrected chi connectivity index (χ0v) is 14.2. The molecule has 0 spiro atoms. The highest BCUT2D eigenvalue weighted by Gasteiger charge is 2.17. The van der Waals surface area contributed by atoms with Crippen LogP contribution in [0.15, 0.2) is 5.38 Å². The van der Waals surface area contributed by atoms with E-state index in [9.17, 15) is 0 Å². The summed E-state index contributed by atoms with van der Waals surface area (Å²) in [6, 6.07) is 0. The van der Waals surface area contributed by atoms with Crippen LogP contribution in [-0.2, 0) is 12.0 Å². The van der Waals surface area contributed by atoms with Crippen molar-refractivity contribution < 1.29 is 0 Å². The Morgan fingerprint density at radius 1 is 1.37 bits per heavy atom. The Balaban J connectivity index is 2.38. The largest absolute Gasteiger partial charge is 0.310 e. The Hall–Kier alpha value is -0.120. The molecule has 0 aromatic carbocycles. The highest BCUT2D eigenvalue weighted by molar-refractivity contribution is 7.09. The van der Waals surface area contributed by atoms with Crippen LogP contribution in [0.1, 0.15) is 57.7 Å². The number of hydrogen-bond donors (Lipinski definition) is 1. The molecule has 1 aromatic rings. The van der Waals surface area contributed by atoms with Crippen molar-refractivity contribution in [3.05, 3.63) is 16.1 Å². The minimum absolute atomic E-state index is 0.151. The van der Waals surface area contributed by atoms with Gasteiger partial charge in [-0.1, -0.05) is 34.1 Å². The van der Waals surface area contributed by atoms with Crippen molar-refractivity contribution in [2.75, 3.05) is 12.4 Å². The van der Waals surface area contributed by atoms with Crippen molar-refractivity contribution >= 4 is 22.9 Å². The number of alkyl halides is 1. The smallest absolute Gasteiger partial charge is 0.107 e. The van der Waals surface area contributed by atoms with Gasteiger partial charge in [0, 0.05) is 23.2 Å². The van der Waals surface area contributed by atoms with Crippen LogP contribution >= 0.6 is 22.9 Å². The molecule has 1 heterocycles. The summed E-state index contributed by atoms with van der Waals surface area (Å²) >= 11 is 7.60. The third-order valence-electron chi connectivity index (χ3n) is 3.24. The minimum Gasteiger partial charge on any atom is -0.310 e. The Morgan fingerprint density at radius 2 is 2.11 bits per heavy atom. The number of aromatic nitrogens is 1. The first kappa shape index (κ1) is 16.9. The van der Waals surface area contributed by atoms with Gasteiger partial charge in [-0.25, -0.2) is 4.98 Å². The van der Waals surface area contributed by atoms with Gasteiger partial charge >= 0.3 is 0 Å². The van der Waals surface area contributed by atoms with Gasteiger partial charge in [0.05, 0.1) is 5.69 Å². The fraction of sp³-hybridized carbons (Fsp3) is 0.800. The summed E-state index contributed by atoms with van der Waals surface area (Å²) in [7, 11) is 0. The summed E-state index contributed by atoms with van der Waals surface area (Å²) in [5.74, 6) is 1.46. The predicted octanol–water partition coefficient (Wildman–Crippen LogP) is 4.58. The van der Waals surface area contributed by atoms with Crippen LogP contribution in [0.3, 0.4) is 0 Å². The van der Waals surface area contributed by atoms with Gasteiger partial charge < -0.3 is 5.32 Å². The molecule has 0 bridgehead atoms. The van der Waals surface area contributed by atoms with Crippen LogP contribution in [0.4, 0.5) is 0 Å². The Morgan fingerprint density at radius 3 is 2.63 bits per heavy atom. The first-order valence-electron chi connectivity index (χ1n) is 7.19. The van der Waals surface area contributed by atoms with Crippen LogP contribution in [-0.4, -0.2) is 17.4 Å². The van der Waals surface area contributed by atoms with Gasteiger partial charge in [-0.2, -0.15) is 0 Å². The topological polar surface area (TPSA) is 24.9 Å². The lowest BCUT2D eigenvalue weighted by molar-refractivity contribution is 0.430. The average molecular weight is 303 g/mol. The Labute approximate surface area is 127 Å². The Bertz CT molecular complexity index is 351. The summed E-state index contributed by atoms with van der Waals surface area (Å²) in [5.41, 5.74) is 1.35. The molecule has 4 heteroatoms. The summed E-state index contributed by atoms with van der Waals surface area (Å²) < 4.78 is 0. The molecule has 0 aliphatic rings. The van der Waals surface area contributed by atoms with Gasteiger partial charge in [0.25, 0.3) is 0 Å². The van der Waals surface area contributed by atoms with E-state index in [1.807, 2.05) is 0 Å². The Kier molecular flexibility index (Phi) is 7.33. The molecule has 0 amide bonds. The third kappa shape index (κ3) is 6.24. The molecule has 1 rings (SSSR count). The first-order chi connectivity index (χ1) is 8.97. The molecule has 0 saturated carbocycles. The quantitative estimate of drug-likeness (QED) is 0.711. The zero-order chi connectivity index (χ0) is 14.3. The molecule has 1 atom stereocenters. The maximum atomic E-state index is 5.84. The van der Waals surface area contributed by atoms with Gasteiger partial charge in [-0.05, 0) is 25.3 Å². The average Bonchev–Trinajstić information content (AvgIpc) is 2.78. The fourth-order valence-electron chi connectivity index (χ4n) is 2.03. The van der Waals surface area contributed by atoms with Crippen molar-refractivity contribution in [1.29, 1.82) is 0 Å². The first-order valence-corrected chi connectivity index (χ1v) is 8.60. The summed E-state index contributed by atoms with van der Waals surface area (Å²) in [4.78, 5) is 4.70. The number of halogens is 1. The van der Waals surface area contributed by atoms with Crippen molar-refractivity contribution in [2.45, 2.75) is 58.9 Å². The van der Waals surface area contributed by atoms with E-state index in [2.05, 4.69) is 38.4 Å². The van der Waals surface area contributed by atoms with Crippen molar-refractivity contribution in [3.63, 3.8) is 0 Å². The molecule has 0 radical (unpaired) electrons. The molecule has 0 aliphatic heterocycles. The number of thiazole rings is 1. The summed E-state index contributed by atoms with van der Waals surface area (Å²) in [5, 5.41) is 6.89. The van der Waals surface area contributed by atoms with Crippen LogP contribution in [0.2, 0.25) is 0 Å². The van der Waals surface area contributed by atoms with Crippen LogP contribution < -0.4 is 5.32 Å². The van der Waals surface area contributed by atoms with E-state index < -0.39 is 0 Å². The molecule has 2 nitrogen and oxygen atoms in total. The molecule has 19 heavy (non-hydrogen) atoms. The number of hydrogen-bond acceptors (Lipinski definition) is 3. The summed E-state index contributed by atoms with van der Waals surface area (Å²) in [6.07, 6.45) is 3.59. The minimum atomic E-state index is 0.151. The van der Waals surface area contributed by atoms with E-state index in [4.69, 9.17) is 16.6 Å². The third-order valence-corrected chi connectivity index (χ3v) is 4.31. The lowest BCUT2D eigenvalue weighted by Crippen LogP contribution is -2.23. The lowest BCUT2D eigenvalue weighted by Gasteiger charge is -2.15. The normalized spacial score (nSPS) is 13.7. The standard InChI is InChI=1S/C15H27ClN2S/c1-5-6-12(7-8-16)9-17-10-14-18-13(11-19-14)15(2,3)4/h11-12,17H,5-10H2,1-4H3. The second kappa shape index (κ2) is 8.23. The van der Waals surface area contributed by atoms with Gasteiger partial charge in [0.2, 0.25) is 0 Å². The van der Waals surface area contributed by atoms with Crippen molar-refractivity contribution in [1.82, 2.24) is 10.3 Å². The fourth-order valence-corrected chi connectivity index (χ4v) is 3.33. The number of rotatable bonds is 8. The van der Waals surface area contributed by atoms with E-state index >= 15 is 0 Å². The lowest BCUT2D eigenvalue weighted by atomic mass is 9.93. The van der Waals surface area contributed by atoms with E-state index in [0.29, 0.717) is 5.92 Å². The van der Waals surface area contributed by atoms with Crippen LogP contribution in [0.25, 0.3) is 0 Å². The van der Waals surface area contributed by atoms with Crippen LogP contribution in [0, 0.1) is 5.92 Å². The van der Waals surface area contributed by atoms with Crippen molar-refractivity contribution in [3.8, 4) is 0 Å². The highest BCUT2D eigenvalue weighted by Crippen LogP contribution is 2.23. The molecule has 1 aromatic heterocycles. The van der Waals surface area contributed by atoms with Crippen molar-refractivity contribution in [2.24, 2.45) is 5.92 Å². The molecular formula is C15H27ClN2S. The molecule has 0 saturated heterocycles. The maximum absolute atomic E-state index is 5.84. The van der Waals surface area contributed by atoms with Gasteiger partial charge in [0.1, 0.15) is 5.01 Å². The van der Waals surface area contributed by atoms with Gasteiger partial charge in [0.15, 0.2) is 0 Å². The molecule has 1 unspecified atom stereocenters. The summed E-state index contributed by atoms with van der Waals surface area (Å²) in [6.45, 7) is 10.8. The second-order valence-electron chi connectivity index (χ2n) is 6.14. The molecular weight excluding hydrogens is 276 g/mol. The number of nitrogens with one attached hydrogen (secondary N) is 1.